The molecule has 0 unspecified atom stereocenters. The Hall–Kier alpha value is -1.78. The molecule has 172 valence electrons. The van der Waals surface area contributed by atoms with Gasteiger partial charge in [-0.1, -0.05) is 12.1 Å². The van der Waals surface area contributed by atoms with Gasteiger partial charge in [0.25, 0.3) is 0 Å². The maximum absolute atomic E-state index is 5.97. The van der Waals surface area contributed by atoms with E-state index in [0.717, 1.165) is 63.2 Å². The van der Waals surface area contributed by atoms with Gasteiger partial charge in [-0.3, -0.25) is 4.90 Å². The van der Waals surface area contributed by atoms with Crippen LogP contribution >= 0.6 is 24.0 Å². The van der Waals surface area contributed by atoms with Crippen LogP contribution in [0.2, 0.25) is 0 Å². The Kier molecular flexibility index (Phi) is 11.2. The normalized spacial score (nSPS) is 14.7. The van der Waals surface area contributed by atoms with Crippen molar-refractivity contribution in [2.75, 3.05) is 53.0 Å². The van der Waals surface area contributed by atoms with Crippen LogP contribution in [0.4, 0.5) is 0 Å². The van der Waals surface area contributed by atoms with Gasteiger partial charge in [0.1, 0.15) is 12.4 Å². The van der Waals surface area contributed by atoms with Gasteiger partial charge in [-0.15, -0.1) is 24.0 Å². The van der Waals surface area contributed by atoms with Crippen LogP contribution in [-0.4, -0.2) is 73.4 Å². The van der Waals surface area contributed by atoms with Crippen LogP contribution in [0, 0.1) is 0 Å². The summed E-state index contributed by atoms with van der Waals surface area (Å²) < 4.78 is 13.5. The second kappa shape index (κ2) is 13.6. The lowest BCUT2D eigenvalue weighted by Gasteiger charge is -2.26. The molecular weight excluding hydrogens is 505 g/mol. The number of morpholine rings is 1. The summed E-state index contributed by atoms with van der Waals surface area (Å²) in [7, 11) is 4.14. The molecule has 1 fully saturated rings. The van der Waals surface area contributed by atoms with Crippen molar-refractivity contribution in [2.45, 2.75) is 20.0 Å². The summed E-state index contributed by atoms with van der Waals surface area (Å²) in [4.78, 5) is 9.37. The summed E-state index contributed by atoms with van der Waals surface area (Å²) in [5, 5.41) is 3.39. The Morgan fingerprint density at radius 2 is 2.03 bits per heavy atom. The number of guanidine groups is 1. The van der Waals surface area contributed by atoms with Gasteiger partial charge in [-0.2, -0.15) is 0 Å². The number of aromatic nitrogens is 1. The van der Waals surface area contributed by atoms with Crippen molar-refractivity contribution in [1.82, 2.24) is 19.7 Å². The summed E-state index contributed by atoms with van der Waals surface area (Å²) in [6.45, 7) is 9.58. The Bertz CT molecular complexity index is 805. The fraction of sp³-hybridized carbons (Fsp3) is 0.522. The van der Waals surface area contributed by atoms with E-state index in [2.05, 4.69) is 71.2 Å². The molecule has 0 atom stereocenters. The number of nitrogens with one attached hydrogen (secondary N) is 1. The molecular formula is C23H36IN5O2. The molecule has 0 bridgehead atoms. The first kappa shape index (κ1) is 25.5. The van der Waals surface area contributed by atoms with Gasteiger partial charge in [0.2, 0.25) is 0 Å². The molecule has 0 amide bonds. The number of ether oxygens (including phenoxy) is 2. The highest BCUT2D eigenvalue weighted by Gasteiger charge is 2.10. The van der Waals surface area contributed by atoms with E-state index < -0.39 is 0 Å². The first-order valence-electron chi connectivity index (χ1n) is 10.8. The summed E-state index contributed by atoms with van der Waals surface area (Å²) in [6.07, 6.45) is 2.07. The molecule has 2 heterocycles. The smallest absolute Gasteiger partial charge is 0.194 e. The second-order valence-electron chi connectivity index (χ2n) is 7.59. The first-order chi connectivity index (χ1) is 14.7. The van der Waals surface area contributed by atoms with Crippen molar-refractivity contribution in [3.05, 3.63) is 53.9 Å². The zero-order chi connectivity index (χ0) is 21.2. The molecule has 3 rings (SSSR count). The Labute approximate surface area is 203 Å². The van der Waals surface area contributed by atoms with Gasteiger partial charge in [0.15, 0.2) is 5.96 Å². The Morgan fingerprint density at radius 1 is 1.23 bits per heavy atom. The molecule has 1 N–H and O–H groups in total. The van der Waals surface area contributed by atoms with Gasteiger partial charge in [0, 0.05) is 52.2 Å². The monoisotopic (exact) mass is 541 g/mol. The highest BCUT2D eigenvalue weighted by molar-refractivity contribution is 14.0. The zero-order valence-electron chi connectivity index (χ0n) is 18.9. The molecule has 0 aliphatic carbocycles. The number of hydrogen-bond donors (Lipinski definition) is 1. The lowest BCUT2D eigenvalue weighted by atomic mass is 10.2. The Morgan fingerprint density at radius 3 is 2.74 bits per heavy atom. The molecule has 0 spiro atoms. The maximum atomic E-state index is 5.97. The van der Waals surface area contributed by atoms with E-state index in [1.807, 2.05) is 12.1 Å². The summed E-state index contributed by atoms with van der Waals surface area (Å²) in [6, 6.07) is 12.4. The lowest BCUT2D eigenvalue weighted by Crippen LogP contribution is -2.38. The number of nitrogens with zero attached hydrogens (tertiary/aromatic N) is 4. The topological polar surface area (TPSA) is 54.3 Å². The highest BCUT2D eigenvalue weighted by Crippen LogP contribution is 2.15. The van der Waals surface area contributed by atoms with E-state index in [1.165, 1.54) is 5.69 Å². The minimum atomic E-state index is 0. The van der Waals surface area contributed by atoms with Gasteiger partial charge in [-0.05, 0) is 36.8 Å². The van der Waals surface area contributed by atoms with E-state index in [0.29, 0.717) is 13.2 Å². The predicted molar refractivity (Wildman–Crippen MR) is 136 cm³/mol. The molecule has 0 radical (unpaired) electrons. The van der Waals surface area contributed by atoms with Crippen LogP contribution in [0.5, 0.6) is 5.75 Å². The highest BCUT2D eigenvalue weighted by atomic mass is 127. The third kappa shape index (κ3) is 8.34. The van der Waals surface area contributed by atoms with Gasteiger partial charge < -0.3 is 24.3 Å². The van der Waals surface area contributed by atoms with Crippen LogP contribution in [0.3, 0.4) is 0 Å². The molecule has 1 aromatic carbocycles. The van der Waals surface area contributed by atoms with Crippen molar-refractivity contribution >= 4 is 29.9 Å². The SMILES string of the molecule is CCNC(=NCc1cccc(OCCN2CCOCC2)c1)N(C)Cc1cccn1C.I. The molecule has 31 heavy (non-hydrogen) atoms. The van der Waals surface area contributed by atoms with Crippen molar-refractivity contribution < 1.29 is 9.47 Å². The standard InChI is InChI=1S/C23H35N5O2.HI/c1-4-24-23(27(3)19-21-8-6-10-26(21)2)25-18-20-7-5-9-22(17-20)30-16-13-28-11-14-29-15-12-28;/h5-10,17H,4,11-16,18-19H2,1-3H3,(H,24,25);1H. The summed E-state index contributed by atoms with van der Waals surface area (Å²) in [5.74, 6) is 1.80. The van der Waals surface area contributed by atoms with Crippen molar-refractivity contribution in [3.63, 3.8) is 0 Å². The maximum Gasteiger partial charge on any atom is 0.194 e. The molecule has 1 aliphatic heterocycles. The molecule has 7 nitrogen and oxygen atoms in total. The summed E-state index contributed by atoms with van der Waals surface area (Å²) in [5.41, 5.74) is 2.39. The molecule has 1 saturated heterocycles. The number of aliphatic imine (C=N–C) groups is 1. The molecule has 1 aromatic heterocycles. The van der Waals surface area contributed by atoms with Gasteiger partial charge >= 0.3 is 0 Å². The van der Waals surface area contributed by atoms with Crippen molar-refractivity contribution in [3.8, 4) is 5.75 Å². The van der Waals surface area contributed by atoms with E-state index in [1.54, 1.807) is 0 Å². The fourth-order valence-corrected chi connectivity index (χ4v) is 3.47. The minimum Gasteiger partial charge on any atom is -0.492 e. The quantitative estimate of drug-likeness (QED) is 0.301. The number of benzene rings is 1. The van der Waals surface area contributed by atoms with Crippen LogP contribution in [-0.2, 0) is 24.9 Å². The molecule has 1 aliphatic rings. The van der Waals surface area contributed by atoms with E-state index in [-0.39, 0.29) is 24.0 Å². The van der Waals surface area contributed by atoms with E-state index in [4.69, 9.17) is 14.5 Å². The van der Waals surface area contributed by atoms with Gasteiger partial charge in [-0.25, -0.2) is 4.99 Å². The predicted octanol–water partition coefficient (Wildman–Crippen LogP) is 2.95. The molecule has 2 aromatic rings. The van der Waals surface area contributed by atoms with Crippen molar-refractivity contribution in [1.29, 1.82) is 0 Å². The number of aryl methyl sites for hydroxylation is 1. The second-order valence-corrected chi connectivity index (χ2v) is 7.59. The first-order valence-corrected chi connectivity index (χ1v) is 10.8. The van der Waals surface area contributed by atoms with Crippen LogP contribution in [0.1, 0.15) is 18.2 Å². The van der Waals surface area contributed by atoms with Gasteiger partial charge in [0.05, 0.1) is 26.3 Å². The van der Waals surface area contributed by atoms with Crippen LogP contribution in [0.25, 0.3) is 0 Å². The van der Waals surface area contributed by atoms with Crippen LogP contribution < -0.4 is 10.1 Å². The fourth-order valence-electron chi connectivity index (χ4n) is 3.47. The lowest BCUT2D eigenvalue weighted by molar-refractivity contribution is 0.0322. The average Bonchev–Trinajstić information content (AvgIpc) is 3.16. The Balaban J connectivity index is 0.00000341. The van der Waals surface area contributed by atoms with E-state index >= 15 is 0 Å². The third-order valence-corrected chi connectivity index (χ3v) is 5.24. The van der Waals surface area contributed by atoms with Crippen LogP contribution in [0.15, 0.2) is 47.6 Å². The number of rotatable bonds is 9. The molecule has 0 saturated carbocycles. The molecule has 8 heteroatoms. The largest absolute Gasteiger partial charge is 0.492 e. The third-order valence-electron chi connectivity index (χ3n) is 5.24. The average molecular weight is 541 g/mol. The van der Waals surface area contributed by atoms with Crippen molar-refractivity contribution in [2.24, 2.45) is 12.0 Å². The summed E-state index contributed by atoms with van der Waals surface area (Å²) >= 11 is 0. The van der Waals surface area contributed by atoms with E-state index in [9.17, 15) is 0 Å². The zero-order valence-corrected chi connectivity index (χ0v) is 21.2. The number of hydrogen-bond acceptors (Lipinski definition) is 4. The minimum absolute atomic E-state index is 0. The number of halogens is 1.